The summed E-state index contributed by atoms with van der Waals surface area (Å²) in [4.78, 5) is 27.9. The molecule has 1 aliphatic rings. The first-order chi connectivity index (χ1) is 13.3. The SMILES string of the molecule is Cc1cc(C)cc(C2(CNC(=O)c3ccc(C(C)C)[nH]c3=O)CCOCC2)c1. The van der Waals surface area contributed by atoms with Crippen molar-refractivity contribution in [1.82, 2.24) is 10.3 Å². The van der Waals surface area contributed by atoms with Gasteiger partial charge in [-0.3, -0.25) is 9.59 Å². The molecule has 1 amide bonds. The van der Waals surface area contributed by atoms with Crippen molar-refractivity contribution in [2.75, 3.05) is 19.8 Å². The zero-order valence-electron chi connectivity index (χ0n) is 17.2. The van der Waals surface area contributed by atoms with Crippen LogP contribution < -0.4 is 10.9 Å². The van der Waals surface area contributed by atoms with E-state index in [1.165, 1.54) is 16.7 Å². The molecule has 0 bridgehead atoms. The Kier molecular flexibility index (Phi) is 6.04. The van der Waals surface area contributed by atoms with Gasteiger partial charge in [-0.2, -0.15) is 0 Å². The van der Waals surface area contributed by atoms with E-state index in [9.17, 15) is 9.59 Å². The molecule has 5 heteroatoms. The van der Waals surface area contributed by atoms with Crippen LogP contribution in [0.25, 0.3) is 0 Å². The second-order valence-electron chi connectivity index (χ2n) is 8.26. The minimum Gasteiger partial charge on any atom is -0.381 e. The zero-order valence-corrected chi connectivity index (χ0v) is 17.2. The van der Waals surface area contributed by atoms with Crippen molar-refractivity contribution in [3.63, 3.8) is 0 Å². The highest BCUT2D eigenvalue weighted by Gasteiger charge is 2.35. The van der Waals surface area contributed by atoms with Gasteiger partial charge in [-0.25, -0.2) is 0 Å². The van der Waals surface area contributed by atoms with Crippen molar-refractivity contribution in [1.29, 1.82) is 0 Å². The van der Waals surface area contributed by atoms with Gasteiger partial charge in [-0.1, -0.05) is 43.2 Å². The van der Waals surface area contributed by atoms with Crippen molar-refractivity contribution in [2.24, 2.45) is 0 Å². The number of nitrogens with one attached hydrogen (secondary N) is 2. The first-order valence-electron chi connectivity index (χ1n) is 9.99. The third-order valence-electron chi connectivity index (χ3n) is 5.67. The van der Waals surface area contributed by atoms with Crippen LogP contribution in [0, 0.1) is 13.8 Å². The number of hydrogen-bond donors (Lipinski definition) is 2. The predicted octanol–water partition coefficient (Wildman–Crippen LogP) is 3.59. The molecule has 0 saturated carbocycles. The average molecular weight is 383 g/mol. The molecular formula is C23H30N2O3. The number of H-pyrrole nitrogens is 1. The van der Waals surface area contributed by atoms with Gasteiger partial charge in [0.05, 0.1) is 0 Å². The van der Waals surface area contributed by atoms with Gasteiger partial charge < -0.3 is 15.0 Å². The molecule has 2 N–H and O–H groups in total. The summed E-state index contributed by atoms with van der Waals surface area (Å²) in [5.41, 5.74) is 4.15. The first-order valence-corrected chi connectivity index (χ1v) is 9.99. The number of aromatic amines is 1. The number of ether oxygens (including phenoxy) is 1. The zero-order chi connectivity index (χ0) is 20.3. The number of pyridine rings is 1. The fourth-order valence-corrected chi connectivity index (χ4v) is 3.96. The van der Waals surface area contributed by atoms with E-state index >= 15 is 0 Å². The van der Waals surface area contributed by atoms with E-state index in [0.29, 0.717) is 19.8 Å². The Morgan fingerprint density at radius 1 is 1.14 bits per heavy atom. The highest BCUT2D eigenvalue weighted by atomic mass is 16.5. The van der Waals surface area contributed by atoms with Crippen LogP contribution in [0.3, 0.4) is 0 Å². The van der Waals surface area contributed by atoms with Crippen LogP contribution in [0.4, 0.5) is 0 Å². The molecule has 0 atom stereocenters. The summed E-state index contributed by atoms with van der Waals surface area (Å²) in [6.07, 6.45) is 1.69. The van der Waals surface area contributed by atoms with E-state index in [0.717, 1.165) is 18.5 Å². The van der Waals surface area contributed by atoms with Gasteiger partial charge in [0.25, 0.3) is 11.5 Å². The molecule has 150 valence electrons. The number of aryl methyl sites for hydroxylation is 2. The molecule has 2 heterocycles. The first kappa shape index (κ1) is 20.3. The summed E-state index contributed by atoms with van der Waals surface area (Å²) >= 11 is 0. The number of amides is 1. The van der Waals surface area contributed by atoms with Crippen molar-refractivity contribution < 1.29 is 9.53 Å². The van der Waals surface area contributed by atoms with E-state index in [2.05, 4.69) is 42.3 Å². The summed E-state index contributed by atoms with van der Waals surface area (Å²) < 4.78 is 5.59. The highest BCUT2D eigenvalue weighted by molar-refractivity contribution is 5.93. The second kappa shape index (κ2) is 8.31. The van der Waals surface area contributed by atoms with Gasteiger partial charge in [-0.15, -0.1) is 0 Å². The van der Waals surface area contributed by atoms with E-state index in [1.54, 1.807) is 6.07 Å². The van der Waals surface area contributed by atoms with Crippen LogP contribution in [0.15, 0.2) is 35.1 Å². The molecule has 2 aromatic rings. The fraction of sp³-hybridized carbons (Fsp3) is 0.478. The van der Waals surface area contributed by atoms with Crippen molar-refractivity contribution >= 4 is 5.91 Å². The van der Waals surface area contributed by atoms with Gasteiger partial charge in [0.15, 0.2) is 0 Å². The second-order valence-corrected chi connectivity index (χ2v) is 8.26. The van der Waals surface area contributed by atoms with Crippen LogP contribution >= 0.6 is 0 Å². The Morgan fingerprint density at radius 2 is 1.79 bits per heavy atom. The molecule has 1 aromatic heterocycles. The van der Waals surface area contributed by atoms with Crippen LogP contribution in [-0.4, -0.2) is 30.6 Å². The lowest BCUT2D eigenvalue weighted by atomic mass is 9.73. The maximum Gasteiger partial charge on any atom is 0.261 e. The van der Waals surface area contributed by atoms with Crippen molar-refractivity contribution in [2.45, 2.75) is 51.9 Å². The third kappa shape index (κ3) is 4.36. The number of carbonyl (C=O) groups is 1. The number of benzene rings is 1. The average Bonchev–Trinajstić information content (AvgIpc) is 2.66. The molecule has 1 aromatic carbocycles. The molecule has 1 fully saturated rings. The molecule has 0 spiro atoms. The predicted molar refractivity (Wildman–Crippen MR) is 111 cm³/mol. The largest absolute Gasteiger partial charge is 0.381 e. The number of aromatic nitrogens is 1. The smallest absolute Gasteiger partial charge is 0.261 e. The standard InChI is InChI=1S/C23H30N2O3/c1-15(2)20-6-5-19(22(27)25-20)21(26)24-14-23(7-9-28-10-8-23)18-12-16(3)11-17(4)13-18/h5-6,11-13,15H,7-10,14H2,1-4H3,(H,24,26)(H,25,27). The van der Waals surface area contributed by atoms with Gasteiger partial charge in [0.1, 0.15) is 5.56 Å². The van der Waals surface area contributed by atoms with Gasteiger partial charge in [0.2, 0.25) is 0 Å². The van der Waals surface area contributed by atoms with Gasteiger partial charge in [0, 0.05) is 30.9 Å². The van der Waals surface area contributed by atoms with Gasteiger partial charge in [-0.05, 0) is 50.3 Å². The summed E-state index contributed by atoms with van der Waals surface area (Å²) in [5, 5.41) is 3.02. The summed E-state index contributed by atoms with van der Waals surface area (Å²) in [6.45, 7) is 10.0. The fourth-order valence-electron chi connectivity index (χ4n) is 3.96. The van der Waals surface area contributed by atoms with Crippen LogP contribution in [-0.2, 0) is 10.2 Å². The Bertz CT molecular complexity index is 888. The maximum absolute atomic E-state index is 12.7. The van der Waals surface area contributed by atoms with Crippen molar-refractivity contribution in [3.05, 3.63) is 68.6 Å². The Morgan fingerprint density at radius 3 is 2.36 bits per heavy atom. The number of hydrogen-bond acceptors (Lipinski definition) is 3. The number of rotatable bonds is 5. The Hall–Kier alpha value is -2.40. The van der Waals surface area contributed by atoms with Crippen LogP contribution in [0.5, 0.6) is 0 Å². The minimum atomic E-state index is -0.337. The Labute approximate surface area is 166 Å². The lowest BCUT2D eigenvalue weighted by Gasteiger charge is -2.38. The lowest BCUT2D eigenvalue weighted by molar-refractivity contribution is 0.0486. The van der Waals surface area contributed by atoms with Crippen LogP contribution in [0.1, 0.15) is 65.3 Å². The van der Waals surface area contributed by atoms with Crippen molar-refractivity contribution in [3.8, 4) is 0 Å². The van der Waals surface area contributed by atoms with Gasteiger partial charge >= 0.3 is 0 Å². The molecule has 1 aliphatic heterocycles. The topological polar surface area (TPSA) is 71.2 Å². The molecule has 0 aliphatic carbocycles. The molecule has 3 rings (SSSR count). The quantitative estimate of drug-likeness (QED) is 0.830. The third-order valence-corrected chi connectivity index (χ3v) is 5.67. The molecule has 28 heavy (non-hydrogen) atoms. The normalized spacial score (nSPS) is 16.2. The summed E-state index contributed by atoms with van der Waals surface area (Å²) in [5.74, 6) is -0.119. The lowest BCUT2D eigenvalue weighted by Crippen LogP contribution is -2.45. The maximum atomic E-state index is 12.7. The summed E-state index contributed by atoms with van der Waals surface area (Å²) in [7, 11) is 0. The Balaban J connectivity index is 1.83. The summed E-state index contributed by atoms with van der Waals surface area (Å²) in [6, 6.07) is 10.0. The van der Waals surface area contributed by atoms with E-state index in [-0.39, 0.29) is 28.4 Å². The molecular weight excluding hydrogens is 352 g/mol. The van der Waals surface area contributed by atoms with Crippen LogP contribution in [0.2, 0.25) is 0 Å². The number of carbonyl (C=O) groups excluding carboxylic acids is 1. The van der Waals surface area contributed by atoms with E-state index in [1.807, 2.05) is 19.9 Å². The molecule has 5 nitrogen and oxygen atoms in total. The highest BCUT2D eigenvalue weighted by Crippen LogP contribution is 2.35. The van der Waals surface area contributed by atoms with E-state index < -0.39 is 0 Å². The minimum absolute atomic E-state index is 0.159. The monoisotopic (exact) mass is 382 g/mol. The molecule has 0 unspecified atom stereocenters. The molecule has 0 radical (unpaired) electrons. The molecule has 1 saturated heterocycles. The van der Waals surface area contributed by atoms with E-state index in [4.69, 9.17) is 4.74 Å².